The van der Waals surface area contributed by atoms with Gasteiger partial charge in [0.05, 0.1) is 5.41 Å². The van der Waals surface area contributed by atoms with Crippen LogP contribution in [0.25, 0.3) is 0 Å². The lowest BCUT2D eigenvalue weighted by molar-refractivity contribution is -0.150. The van der Waals surface area contributed by atoms with Crippen molar-refractivity contribution in [1.29, 1.82) is 0 Å². The molecule has 1 aromatic rings. The Balaban J connectivity index is 2.38. The molecule has 0 spiro atoms. The molecule has 18 heavy (non-hydrogen) atoms. The number of carboxylic acids is 1. The molecule has 0 saturated carbocycles. The van der Waals surface area contributed by atoms with Crippen LogP contribution in [0.5, 0.6) is 0 Å². The smallest absolute Gasteiger partial charge is 0.309 e. The van der Waals surface area contributed by atoms with Gasteiger partial charge in [-0.1, -0.05) is 50.6 Å². The summed E-state index contributed by atoms with van der Waals surface area (Å²) in [5, 5.41) is 9.34. The van der Waals surface area contributed by atoms with Crippen molar-refractivity contribution >= 4 is 5.97 Å². The summed E-state index contributed by atoms with van der Waals surface area (Å²) in [7, 11) is 0. The fraction of sp³-hybridized carbons (Fsp3) is 0.562. The van der Waals surface area contributed by atoms with Crippen molar-refractivity contribution in [3.05, 3.63) is 35.9 Å². The average Bonchev–Trinajstić information content (AvgIpc) is 2.40. The maximum atomic E-state index is 11.3. The quantitative estimate of drug-likeness (QED) is 0.697. The summed E-state index contributed by atoms with van der Waals surface area (Å²) in [6.07, 6.45) is 5.35. The summed E-state index contributed by atoms with van der Waals surface area (Å²) < 4.78 is 0. The molecule has 0 heterocycles. The van der Waals surface area contributed by atoms with Gasteiger partial charge >= 0.3 is 5.97 Å². The van der Waals surface area contributed by atoms with Gasteiger partial charge in [0.1, 0.15) is 0 Å². The molecule has 0 aromatic heterocycles. The molecule has 2 nitrogen and oxygen atoms in total. The standard InChI is InChI=1S/C16H24O2/c1-3-16(4-2,15(17)18)13-9-8-12-14-10-6-5-7-11-14/h5-7,10-11H,3-4,8-9,12-13H2,1-2H3,(H,17,18). The van der Waals surface area contributed by atoms with Crippen LogP contribution in [0, 0.1) is 5.41 Å². The van der Waals surface area contributed by atoms with Gasteiger partial charge in [0.15, 0.2) is 0 Å². The first-order valence-corrected chi connectivity index (χ1v) is 6.92. The van der Waals surface area contributed by atoms with Gasteiger partial charge in [-0.25, -0.2) is 0 Å². The molecular formula is C16H24O2. The SMILES string of the molecule is CCC(CC)(CCCCc1ccccc1)C(=O)O. The van der Waals surface area contributed by atoms with E-state index >= 15 is 0 Å². The van der Waals surface area contributed by atoms with E-state index in [1.165, 1.54) is 5.56 Å². The third-order valence-corrected chi connectivity index (χ3v) is 4.02. The summed E-state index contributed by atoms with van der Waals surface area (Å²) in [6.45, 7) is 3.96. The third-order valence-electron chi connectivity index (χ3n) is 4.02. The summed E-state index contributed by atoms with van der Waals surface area (Å²) in [5.41, 5.74) is 0.836. The third kappa shape index (κ3) is 3.86. The molecule has 1 N–H and O–H groups in total. The predicted molar refractivity (Wildman–Crippen MR) is 74.6 cm³/mol. The van der Waals surface area contributed by atoms with Gasteiger partial charge in [0.25, 0.3) is 0 Å². The molecule has 0 radical (unpaired) electrons. The van der Waals surface area contributed by atoms with E-state index in [1.807, 2.05) is 19.9 Å². The molecule has 0 aliphatic heterocycles. The minimum absolute atomic E-state index is 0.503. The Morgan fingerprint density at radius 3 is 2.22 bits per heavy atom. The van der Waals surface area contributed by atoms with E-state index < -0.39 is 11.4 Å². The first-order chi connectivity index (χ1) is 8.64. The largest absolute Gasteiger partial charge is 0.481 e. The molecule has 1 rings (SSSR count). The van der Waals surface area contributed by atoms with Gasteiger partial charge in [0.2, 0.25) is 0 Å². The van der Waals surface area contributed by atoms with E-state index in [-0.39, 0.29) is 0 Å². The van der Waals surface area contributed by atoms with Crippen molar-refractivity contribution in [2.75, 3.05) is 0 Å². The number of hydrogen-bond acceptors (Lipinski definition) is 1. The van der Waals surface area contributed by atoms with Crippen LogP contribution in [0.3, 0.4) is 0 Å². The van der Waals surface area contributed by atoms with Gasteiger partial charge in [-0.15, -0.1) is 0 Å². The number of hydrogen-bond donors (Lipinski definition) is 1. The van der Waals surface area contributed by atoms with E-state index in [0.29, 0.717) is 0 Å². The fourth-order valence-electron chi connectivity index (χ4n) is 2.45. The number of rotatable bonds is 8. The molecule has 0 atom stereocenters. The number of benzene rings is 1. The van der Waals surface area contributed by atoms with Gasteiger partial charge in [-0.05, 0) is 37.7 Å². The molecule has 0 aliphatic rings. The molecule has 0 unspecified atom stereocenters. The molecular weight excluding hydrogens is 224 g/mol. The molecule has 0 saturated heterocycles. The van der Waals surface area contributed by atoms with E-state index in [1.54, 1.807) is 0 Å². The van der Waals surface area contributed by atoms with E-state index in [2.05, 4.69) is 24.3 Å². The molecule has 2 heteroatoms. The Morgan fingerprint density at radius 1 is 1.11 bits per heavy atom. The zero-order valence-electron chi connectivity index (χ0n) is 11.5. The highest BCUT2D eigenvalue weighted by molar-refractivity contribution is 5.74. The van der Waals surface area contributed by atoms with Crippen molar-refractivity contribution in [2.45, 2.75) is 52.4 Å². The summed E-state index contributed by atoms with van der Waals surface area (Å²) >= 11 is 0. The van der Waals surface area contributed by atoms with Crippen molar-refractivity contribution in [1.82, 2.24) is 0 Å². The van der Waals surface area contributed by atoms with Crippen molar-refractivity contribution in [2.24, 2.45) is 5.41 Å². The van der Waals surface area contributed by atoms with Gasteiger partial charge < -0.3 is 5.11 Å². The Bertz CT molecular complexity index is 353. The van der Waals surface area contributed by atoms with Crippen LogP contribution in [0.4, 0.5) is 0 Å². The van der Waals surface area contributed by atoms with Crippen LogP contribution in [0.15, 0.2) is 30.3 Å². The second-order valence-corrected chi connectivity index (χ2v) is 4.99. The van der Waals surface area contributed by atoms with Crippen LogP contribution in [0.1, 0.15) is 51.5 Å². The number of carbonyl (C=O) groups is 1. The summed E-state index contributed by atoms with van der Waals surface area (Å²) in [4.78, 5) is 11.3. The first kappa shape index (κ1) is 14.7. The Labute approximate surface area is 110 Å². The molecule has 0 aliphatic carbocycles. The second-order valence-electron chi connectivity index (χ2n) is 4.99. The highest BCUT2D eigenvalue weighted by atomic mass is 16.4. The number of carboxylic acid groups (broad SMARTS) is 1. The normalized spacial score (nSPS) is 11.4. The highest BCUT2D eigenvalue weighted by Crippen LogP contribution is 2.33. The monoisotopic (exact) mass is 248 g/mol. The van der Waals surface area contributed by atoms with Crippen LogP contribution in [-0.2, 0) is 11.2 Å². The van der Waals surface area contributed by atoms with Crippen molar-refractivity contribution < 1.29 is 9.90 Å². The number of aryl methyl sites for hydroxylation is 1. The van der Waals surface area contributed by atoms with Gasteiger partial charge in [0, 0.05) is 0 Å². The Hall–Kier alpha value is -1.31. The predicted octanol–water partition coefficient (Wildman–Crippen LogP) is 4.29. The second kappa shape index (κ2) is 7.20. The van der Waals surface area contributed by atoms with Crippen LogP contribution >= 0.6 is 0 Å². The lowest BCUT2D eigenvalue weighted by atomic mass is 9.78. The zero-order valence-corrected chi connectivity index (χ0v) is 11.5. The van der Waals surface area contributed by atoms with Gasteiger partial charge in [-0.3, -0.25) is 4.79 Å². The maximum absolute atomic E-state index is 11.3. The van der Waals surface area contributed by atoms with E-state index in [0.717, 1.165) is 38.5 Å². The van der Waals surface area contributed by atoms with Crippen molar-refractivity contribution in [3.63, 3.8) is 0 Å². The van der Waals surface area contributed by atoms with Crippen LogP contribution in [0.2, 0.25) is 0 Å². The van der Waals surface area contributed by atoms with Crippen molar-refractivity contribution in [3.8, 4) is 0 Å². The summed E-state index contributed by atoms with van der Waals surface area (Å²) in [5.74, 6) is -0.632. The van der Waals surface area contributed by atoms with E-state index in [9.17, 15) is 9.90 Å². The lowest BCUT2D eigenvalue weighted by Crippen LogP contribution is -2.29. The first-order valence-electron chi connectivity index (χ1n) is 6.92. The fourth-order valence-corrected chi connectivity index (χ4v) is 2.45. The summed E-state index contributed by atoms with van der Waals surface area (Å²) in [6, 6.07) is 10.4. The Morgan fingerprint density at radius 2 is 1.72 bits per heavy atom. The molecule has 0 bridgehead atoms. The van der Waals surface area contributed by atoms with Gasteiger partial charge in [-0.2, -0.15) is 0 Å². The topological polar surface area (TPSA) is 37.3 Å². The molecule has 1 aromatic carbocycles. The molecule has 100 valence electrons. The van der Waals surface area contributed by atoms with Crippen LogP contribution < -0.4 is 0 Å². The number of aliphatic carboxylic acids is 1. The Kier molecular flexibility index (Phi) is 5.90. The average molecular weight is 248 g/mol. The number of unbranched alkanes of at least 4 members (excludes halogenated alkanes) is 1. The lowest BCUT2D eigenvalue weighted by Gasteiger charge is -2.26. The molecule has 0 amide bonds. The minimum Gasteiger partial charge on any atom is -0.481 e. The maximum Gasteiger partial charge on any atom is 0.309 e. The van der Waals surface area contributed by atoms with Crippen LogP contribution in [-0.4, -0.2) is 11.1 Å². The van der Waals surface area contributed by atoms with E-state index in [4.69, 9.17) is 0 Å². The zero-order chi connectivity index (χ0) is 13.4. The molecule has 0 fully saturated rings. The minimum atomic E-state index is -0.632. The highest BCUT2D eigenvalue weighted by Gasteiger charge is 2.33.